The molecule has 1 atom stereocenters. The SMILES string of the molecule is CSCCC(N)C(=O)N1CCC(c2c(C)[nH]c3ccccc23)CC1.Cl. The van der Waals surface area contributed by atoms with E-state index in [4.69, 9.17) is 5.73 Å². The molecular formula is C19H28ClN3OS. The van der Waals surface area contributed by atoms with Crippen molar-refractivity contribution in [2.75, 3.05) is 25.1 Å². The number of rotatable bonds is 5. The van der Waals surface area contributed by atoms with Gasteiger partial charge in [-0.1, -0.05) is 18.2 Å². The number of benzene rings is 1. The number of likely N-dealkylation sites (tertiary alicyclic amines) is 1. The predicted octanol–water partition coefficient (Wildman–Crippen LogP) is 3.68. The quantitative estimate of drug-likeness (QED) is 0.830. The molecule has 1 amide bonds. The zero-order valence-corrected chi connectivity index (χ0v) is 16.6. The molecule has 0 spiro atoms. The highest BCUT2D eigenvalue weighted by atomic mass is 35.5. The molecule has 138 valence electrons. The fourth-order valence-electron chi connectivity index (χ4n) is 3.82. The molecule has 1 unspecified atom stereocenters. The molecule has 0 aliphatic carbocycles. The molecule has 2 aromatic rings. The summed E-state index contributed by atoms with van der Waals surface area (Å²) in [7, 11) is 0. The van der Waals surface area contributed by atoms with Gasteiger partial charge in [-0.3, -0.25) is 4.79 Å². The molecular weight excluding hydrogens is 354 g/mol. The molecule has 1 aliphatic heterocycles. The number of nitrogens with one attached hydrogen (secondary N) is 1. The minimum absolute atomic E-state index is 0. The number of nitrogens with zero attached hydrogens (tertiary/aromatic N) is 1. The third kappa shape index (κ3) is 4.33. The van der Waals surface area contributed by atoms with Crippen molar-refractivity contribution in [3.05, 3.63) is 35.5 Å². The maximum absolute atomic E-state index is 12.5. The minimum Gasteiger partial charge on any atom is -0.358 e. The van der Waals surface area contributed by atoms with Crippen LogP contribution in [0.4, 0.5) is 0 Å². The second kappa shape index (κ2) is 8.97. The van der Waals surface area contributed by atoms with Crippen LogP contribution in [0.1, 0.15) is 36.4 Å². The first kappa shape index (κ1) is 20.1. The van der Waals surface area contributed by atoms with E-state index in [1.54, 1.807) is 11.8 Å². The van der Waals surface area contributed by atoms with Crippen LogP contribution in [-0.2, 0) is 4.79 Å². The summed E-state index contributed by atoms with van der Waals surface area (Å²) >= 11 is 1.74. The summed E-state index contributed by atoms with van der Waals surface area (Å²) in [5.41, 5.74) is 9.96. The lowest BCUT2D eigenvalue weighted by Gasteiger charge is -2.34. The first-order chi connectivity index (χ1) is 11.6. The highest BCUT2D eigenvalue weighted by Crippen LogP contribution is 2.35. The van der Waals surface area contributed by atoms with Gasteiger partial charge < -0.3 is 15.6 Å². The van der Waals surface area contributed by atoms with Crippen LogP contribution in [0.5, 0.6) is 0 Å². The predicted molar refractivity (Wildman–Crippen MR) is 110 cm³/mol. The average molecular weight is 382 g/mol. The van der Waals surface area contributed by atoms with Crippen LogP contribution >= 0.6 is 24.2 Å². The van der Waals surface area contributed by atoms with E-state index >= 15 is 0 Å². The summed E-state index contributed by atoms with van der Waals surface area (Å²) in [6, 6.07) is 8.16. The van der Waals surface area contributed by atoms with Crippen molar-refractivity contribution in [3.63, 3.8) is 0 Å². The second-order valence-electron chi connectivity index (χ2n) is 6.70. The summed E-state index contributed by atoms with van der Waals surface area (Å²) in [6.45, 7) is 3.79. The fourth-order valence-corrected chi connectivity index (χ4v) is 4.31. The summed E-state index contributed by atoms with van der Waals surface area (Å²) in [6.07, 6.45) is 4.85. The van der Waals surface area contributed by atoms with E-state index in [2.05, 4.69) is 36.2 Å². The van der Waals surface area contributed by atoms with Gasteiger partial charge in [0, 0.05) is 29.7 Å². The van der Waals surface area contributed by atoms with Crippen LogP contribution in [0.25, 0.3) is 10.9 Å². The van der Waals surface area contributed by atoms with Crippen LogP contribution in [0.3, 0.4) is 0 Å². The van der Waals surface area contributed by atoms with Gasteiger partial charge in [-0.2, -0.15) is 11.8 Å². The van der Waals surface area contributed by atoms with Gasteiger partial charge in [0.15, 0.2) is 0 Å². The van der Waals surface area contributed by atoms with Crippen LogP contribution in [0, 0.1) is 6.92 Å². The first-order valence-electron chi connectivity index (χ1n) is 8.72. The van der Waals surface area contributed by atoms with Gasteiger partial charge >= 0.3 is 0 Å². The van der Waals surface area contributed by atoms with Crippen LogP contribution in [-0.4, -0.2) is 46.9 Å². The van der Waals surface area contributed by atoms with Crippen LogP contribution in [0.15, 0.2) is 24.3 Å². The number of hydrogen-bond acceptors (Lipinski definition) is 3. The zero-order valence-electron chi connectivity index (χ0n) is 15.0. The number of carbonyl (C=O) groups is 1. The molecule has 1 aromatic carbocycles. The van der Waals surface area contributed by atoms with E-state index < -0.39 is 0 Å². The molecule has 0 bridgehead atoms. The van der Waals surface area contributed by atoms with Gasteiger partial charge in [-0.05, 0) is 55.7 Å². The standard InChI is InChI=1S/C19H27N3OS.ClH/c1-13-18(15-5-3-4-6-17(15)21-13)14-7-10-22(11-8-14)19(23)16(20)9-12-24-2;/h3-6,14,16,21H,7-12,20H2,1-2H3;1H. The van der Waals surface area contributed by atoms with Crippen molar-refractivity contribution in [3.8, 4) is 0 Å². The smallest absolute Gasteiger partial charge is 0.239 e. The lowest BCUT2D eigenvalue weighted by molar-refractivity contribution is -0.133. The third-order valence-corrected chi connectivity index (χ3v) is 5.75. The second-order valence-corrected chi connectivity index (χ2v) is 7.68. The van der Waals surface area contributed by atoms with E-state index in [0.717, 1.165) is 38.1 Å². The van der Waals surface area contributed by atoms with Crippen LogP contribution < -0.4 is 5.73 Å². The molecule has 6 heteroatoms. The number of piperidine rings is 1. The number of H-pyrrole nitrogens is 1. The number of carbonyl (C=O) groups excluding carboxylic acids is 1. The number of hydrogen-bond donors (Lipinski definition) is 2. The molecule has 3 rings (SSSR count). The Morgan fingerprint density at radius 3 is 2.72 bits per heavy atom. The monoisotopic (exact) mass is 381 g/mol. The topological polar surface area (TPSA) is 62.1 Å². The summed E-state index contributed by atoms with van der Waals surface area (Å²) in [5, 5.41) is 1.33. The van der Waals surface area contributed by atoms with Gasteiger partial charge in [-0.15, -0.1) is 12.4 Å². The van der Waals surface area contributed by atoms with Gasteiger partial charge in [0.1, 0.15) is 0 Å². The maximum Gasteiger partial charge on any atom is 0.239 e. The average Bonchev–Trinajstić information content (AvgIpc) is 2.95. The normalized spacial score (nSPS) is 16.7. The molecule has 4 nitrogen and oxygen atoms in total. The third-order valence-electron chi connectivity index (χ3n) is 5.11. The molecule has 3 N–H and O–H groups in total. The molecule has 1 aromatic heterocycles. The summed E-state index contributed by atoms with van der Waals surface area (Å²) in [4.78, 5) is 17.9. The Bertz CT molecular complexity index is 710. The van der Waals surface area contributed by atoms with E-state index in [9.17, 15) is 4.79 Å². The summed E-state index contributed by atoms with van der Waals surface area (Å²) < 4.78 is 0. The Labute approximate surface area is 160 Å². The molecule has 0 radical (unpaired) electrons. The van der Waals surface area contributed by atoms with Gasteiger partial charge in [0.05, 0.1) is 6.04 Å². The van der Waals surface area contributed by atoms with E-state index in [1.165, 1.54) is 22.2 Å². The van der Waals surface area contributed by atoms with E-state index in [0.29, 0.717) is 5.92 Å². The lowest BCUT2D eigenvalue weighted by atomic mass is 9.87. The molecule has 2 heterocycles. The number of nitrogens with two attached hydrogens (primary N) is 1. The van der Waals surface area contributed by atoms with E-state index in [1.807, 2.05) is 11.2 Å². The molecule has 0 saturated carbocycles. The Balaban J connectivity index is 0.00000225. The number of fused-ring (bicyclic) bond motifs is 1. The van der Waals surface area contributed by atoms with Gasteiger partial charge in [0.25, 0.3) is 0 Å². The van der Waals surface area contributed by atoms with Crippen molar-refractivity contribution in [2.45, 2.75) is 38.1 Å². The molecule has 1 fully saturated rings. The zero-order chi connectivity index (χ0) is 17.1. The summed E-state index contributed by atoms with van der Waals surface area (Å²) in [5.74, 6) is 1.59. The number of para-hydroxylation sites is 1. The van der Waals surface area contributed by atoms with Crippen molar-refractivity contribution in [1.82, 2.24) is 9.88 Å². The molecule has 25 heavy (non-hydrogen) atoms. The first-order valence-corrected chi connectivity index (χ1v) is 10.1. The van der Waals surface area contributed by atoms with Crippen molar-refractivity contribution >= 4 is 41.0 Å². The maximum atomic E-state index is 12.5. The number of thioether (sulfide) groups is 1. The Hall–Kier alpha value is -1.17. The van der Waals surface area contributed by atoms with Crippen molar-refractivity contribution in [2.24, 2.45) is 5.73 Å². The van der Waals surface area contributed by atoms with Gasteiger partial charge in [0.2, 0.25) is 5.91 Å². The van der Waals surface area contributed by atoms with Gasteiger partial charge in [-0.25, -0.2) is 0 Å². The number of aromatic amines is 1. The highest BCUT2D eigenvalue weighted by Gasteiger charge is 2.28. The van der Waals surface area contributed by atoms with E-state index in [-0.39, 0.29) is 24.4 Å². The Morgan fingerprint density at radius 1 is 1.36 bits per heavy atom. The van der Waals surface area contributed by atoms with Crippen molar-refractivity contribution in [1.29, 1.82) is 0 Å². The largest absolute Gasteiger partial charge is 0.358 e. The number of aromatic nitrogens is 1. The molecule has 1 aliphatic rings. The fraction of sp³-hybridized carbons (Fsp3) is 0.526. The number of halogens is 1. The Morgan fingerprint density at radius 2 is 2.04 bits per heavy atom. The molecule has 1 saturated heterocycles. The minimum atomic E-state index is -0.344. The number of aryl methyl sites for hydroxylation is 1. The van der Waals surface area contributed by atoms with Crippen LogP contribution in [0.2, 0.25) is 0 Å². The Kier molecular flexibility index (Phi) is 7.23. The van der Waals surface area contributed by atoms with Crippen molar-refractivity contribution < 1.29 is 4.79 Å². The lowest BCUT2D eigenvalue weighted by Crippen LogP contribution is -2.47. The highest BCUT2D eigenvalue weighted by molar-refractivity contribution is 7.98. The number of amides is 1.